The van der Waals surface area contributed by atoms with Gasteiger partial charge in [-0.3, -0.25) is 0 Å². The molecule has 0 bridgehead atoms. The largest absolute Gasteiger partial charge is 0.492 e. The number of nitrogens with zero attached hydrogens (tertiary/aromatic N) is 2. The zero-order valence-corrected chi connectivity index (χ0v) is 14.8. The topological polar surface area (TPSA) is 47.7 Å². The first-order chi connectivity index (χ1) is 12.3. The second kappa shape index (κ2) is 8.53. The van der Waals surface area contributed by atoms with Crippen LogP contribution >= 0.6 is 0 Å². The molecule has 1 heterocycles. The van der Waals surface area contributed by atoms with Gasteiger partial charge in [-0.1, -0.05) is 26.0 Å². The number of aromatic nitrogens is 1. The molecule has 132 valence electrons. The summed E-state index contributed by atoms with van der Waals surface area (Å²) >= 11 is 0. The Labute approximate surface area is 148 Å². The smallest absolute Gasteiger partial charge is 0.400 e. The number of oxazole rings is 1. The van der Waals surface area contributed by atoms with E-state index in [2.05, 4.69) is 23.7 Å². The molecule has 3 rings (SSSR count). The minimum atomic E-state index is 0.244. The molecule has 5 heteroatoms. The molecule has 0 saturated carbocycles. The summed E-state index contributed by atoms with van der Waals surface area (Å²) in [6.07, 6.45) is 1.41. The van der Waals surface area contributed by atoms with Crippen molar-refractivity contribution in [2.75, 3.05) is 26.2 Å². The number of ether oxygens (including phenoxy) is 2. The maximum atomic E-state index is 5.80. The summed E-state index contributed by atoms with van der Waals surface area (Å²) in [6, 6.07) is 15.1. The maximum absolute atomic E-state index is 5.80. The van der Waals surface area contributed by atoms with Crippen molar-refractivity contribution in [3.63, 3.8) is 0 Å². The van der Waals surface area contributed by atoms with Gasteiger partial charge in [-0.15, -0.1) is 0 Å². The van der Waals surface area contributed by atoms with Crippen LogP contribution in [0.3, 0.4) is 0 Å². The minimum absolute atomic E-state index is 0.244. The fourth-order valence-corrected chi connectivity index (χ4v) is 2.64. The summed E-state index contributed by atoms with van der Waals surface area (Å²) in [5.74, 6) is 1.50. The highest BCUT2D eigenvalue weighted by Crippen LogP contribution is 2.26. The Morgan fingerprint density at radius 3 is 2.44 bits per heavy atom. The Kier molecular flexibility index (Phi) is 5.90. The maximum Gasteiger partial charge on any atom is 0.400 e. The molecule has 0 fully saturated rings. The molecule has 0 unspecified atom stereocenters. The van der Waals surface area contributed by atoms with E-state index in [0.29, 0.717) is 17.9 Å². The number of para-hydroxylation sites is 2. The predicted molar refractivity (Wildman–Crippen MR) is 98.4 cm³/mol. The number of likely N-dealkylation sites (N-methyl/N-ethyl adjacent to an activating group) is 1. The average Bonchev–Trinajstić information content (AvgIpc) is 3.04. The lowest BCUT2D eigenvalue weighted by atomic mass is 10.3. The number of rotatable bonds is 9. The van der Waals surface area contributed by atoms with Crippen molar-refractivity contribution < 1.29 is 13.9 Å². The second-order valence-electron chi connectivity index (χ2n) is 5.80. The highest BCUT2D eigenvalue weighted by atomic mass is 16.6. The Morgan fingerprint density at radius 2 is 1.72 bits per heavy atom. The molecule has 0 atom stereocenters. The van der Waals surface area contributed by atoms with Gasteiger partial charge >= 0.3 is 6.08 Å². The van der Waals surface area contributed by atoms with Crippen LogP contribution in [0.5, 0.6) is 17.6 Å². The van der Waals surface area contributed by atoms with E-state index >= 15 is 0 Å². The standard InChI is InChI=1S/C20H24N2O3/c1-3-13-22(4-2)14-15-23-16-9-11-17(12-10-16)24-20-21-18-7-5-6-8-19(18)25-20/h5-12H,3-4,13-15H2,1-2H3. The molecule has 0 amide bonds. The lowest BCUT2D eigenvalue weighted by molar-refractivity contribution is 0.216. The third-order valence-corrected chi connectivity index (χ3v) is 3.97. The molecule has 2 aromatic carbocycles. The lowest BCUT2D eigenvalue weighted by Crippen LogP contribution is -2.28. The van der Waals surface area contributed by atoms with Crippen LogP contribution < -0.4 is 9.47 Å². The highest BCUT2D eigenvalue weighted by Gasteiger charge is 2.07. The van der Waals surface area contributed by atoms with Gasteiger partial charge in [0, 0.05) is 6.54 Å². The van der Waals surface area contributed by atoms with E-state index in [9.17, 15) is 0 Å². The van der Waals surface area contributed by atoms with Crippen molar-refractivity contribution in [2.24, 2.45) is 0 Å². The number of benzene rings is 2. The third-order valence-electron chi connectivity index (χ3n) is 3.97. The molecule has 0 aliphatic carbocycles. The summed E-state index contributed by atoms with van der Waals surface area (Å²) < 4.78 is 17.0. The quantitative estimate of drug-likeness (QED) is 0.563. The fraction of sp³-hybridized carbons (Fsp3) is 0.350. The van der Waals surface area contributed by atoms with E-state index in [-0.39, 0.29) is 6.08 Å². The van der Waals surface area contributed by atoms with Crippen molar-refractivity contribution >= 4 is 11.1 Å². The Hall–Kier alpha value is -2.53. The van der Waals surface area contributed by atoms with Gasteiger partial charge in [-0.05, 0) is 55.9 Å². The molecule has 5 nitrogen and oxygen atoms in total. The number of hydrogen-bond donors (Lipinski definition) is 0. The van der Waals surface area contributed by atoms with E-state index < -0.39 is 0 Å². The first-order valence-electron chi connectivity index (χ1n) is 8.77. The SMILES string of the molecule is CCCN(CC)CCOc1ccc(Oc2nc3ccccc3o2)cc1. The van der Waals surface area contributed by atoms with Gasteiger partial charge in [0.15, 0.2) is 5.58 Å². The van der Waals surface area contributed by atoms with Gasteiger partial charge in [0.05, 0.1) is 0 Å². The normalized spacial score (nSPS) is 11.2. The van der Waals surface area contributed by atoms with Crippen molar-refractivity contribution in [1.29, 1.82) is 0 Å². The Bertz CT molecular complexity index is 750. The summed E-state index contributed by atoms with van der Waals surface area (Å²) in [5.41, 5.74) is 1.50. The van der Waals surface area contributed by atoms with Crippen molar-refractivity contribution in [3.8, 4) is 17.6 Å². The van der Waals surface area contributed by atoms with Gasteiger partial charge in [0.2, 0.25) is 0 Å². The molecular weight excluding hydrogens is 316 g/mol. The van der Waals surface area contributed by atoms with E-state index in [1.165, 1.54) is 0 Å². The van der Waals surface area contributed by atoms with Crippen LogP contribution in [-0.2, 0) is 0 Å². The molecule has 25 heavy (non-hydrogen) atoms. The molecular formula is C20H24N2O3. The van der Waals surface area contributed by atoms with Gasteiger partial charge in [-0.2, -0.15) is 4.98 Å². The van der Waals surface area contributed by atoms with Crippen LogP contribution in [0.25, 0.3) is 11.1 Å². The van der Waals surface area contributed by atoms with Gasteiger partial charge < -0.3 is 18.8 Å². The molecule has 0 aliphatic heterocycles. The van der Waals surface area contributed by atoms with E-state index in [4.69, 9.17) is 13.9 Å². The van der Waals surface area contributed by atoms with Crippen LogP contribution in [-0.4, -0.2) is 36.1 Å². The van der Waals surface area contributed by atoms with E-state index in [1.54, 1.807) is 0 Å². The average molecular weight is 340 g/mol. The Morgan fingerprint density at radius 1 is 0.960 bits per heavy atom. The van der Waals surface area contributed by atoms with Crippen LogP contribution in [0.4, 0.5) is 0 Å². The molecule has 0 aliphatic rings. The highest BCUT2D eigenvalue weighted by molar-refractivity contribution is 5.72. The molecule has 0 N–H and O–H groups in total. The van der Waals surface area contributed by atoms with Crippen molar-refractivity contribution in [3.05, 3.63) is 48.5 Å². The second-order valence-corrected chi connectivity index (χ2v) is 5.80. The van der Waals surface area contributed by atoms with Gasteiger partial charge in [-0.25, -0.2) is 0 Å². The molecule has 1 aromatic heterocycles. The third kappa shape index (κ3) is 4.73. The molecule has 3 aromatic rings. The number of hydrogen-bond acceptors (Lipinski definition) is 5. The zero-order valence-electron chi connectivity index (χ0n) is 14.8. The van der Waals surface area contributed by atoms with Crippen LogP contribution in [0.1, 0.15) is 20.3 Å². The van der Waals surface area contributed by atoms with Gasteiger partial charge in [0.25, 0.3) is 0 Å². The predicted octanol–water partition coefficient (Wildman–Crippen LogP) is 4.73. The number of fused-ring (bicyclic) bond motifs is 1. The lowest BCUT2D eigenvalue weighted by Gasteiger charge is -2.19. The Balaban J connectivity index is 1.53. The zero-order chi connectivity index (χ0) is 17.5. The van der Waals surface area contributed by atoms with Crippen molar-refractivity contribution in [2.45, 2.75) is 20.3 Å². The van der Waals surface area contributed by atoms with E-state index in [1.807, 2.05) is 48.5 Å². The monoisotopic (exact) mass is 340 g/mol. The first-order valence-corrected chi connectivity index (χ1v) is 8.77. The molecule has 0 spiro atoms. The van der Waals surface area contributed by atoms with E-state index in [0.717, 1.165) is 37.3 Å². The summed E-state index contributed by atoms with van der Waals surface area (Å²) in [5, 5.41) is 0. The summed E-state index contributed by atoms with van der Waals surface area (Å²) in [4.78, 5) is 6.68. The molecule has 0 radical (unpaired) electrons. The summed E-state index contributed by atoms with van der Waals surface area (Å²) in [7, 11) is 0. The van der Waals surface area contributed by atoms with Crippen molar-refractivity contribution in [1.82, 2.24) is 9.88 Å². The van der Waals surface area contributed by atoms with Crippen LogP contribution in [0.15, 0.2) is 52.9 Å². The van der Waals surface area contributed by atoms with Gasteiger partial charge in [0.1, 0.15) is 23.6 Å². The van der Waals surface area contributed by atoms with Crippen LogP contribution in [0.2, 0.25) is 0 Å². The summed E-state index contributed by atoms with van der Waals surface area (Å²) in [6.45, 7) is 8.14. The first kappa shape index (κ1) is 17.3. The molecule has 0 saturated heterocycles. The minimum Gasteiger partial charge on any atom is -0.492 e. The van der Waals surface area contributed by atoms with Crippen LogP contribution in [0, 0.1) is 0 Å². The fourth-order valence-electron chi connectivity index (χ4n) is 2.64.